The summed E-state index contributed by atoms with van der Waals surface area (Å²) in [6.07, 6.45) is 1.74. The van der Waals surface area contributed by atoms with Gasteiger partial charge in [0, 0.05) is 12.1 Å². The monoisotopic (exact) mass is 578 g/mol. The van der Waals surface area contributed by atoms with Gasteiger partial charge in [-0.25, -0.2) is 0 Å². The first-order valence-electron chi connectivity index (χ1n) is 12.7. The van der Waals surface area contributed by atoms with Crippen LogP contribution in [0.1, 0.15) is 38.8 Å². The molecular weight excluding hydrogens is 548 g/mol. The molecule has 0 spiro atoms. The van der Waals surface area contributed by atoms with Crippen molar-refractivity contribution in [2.24, 2.45) is 0 Å². The highest BCUT2D eigenvalue weighted by molar-refractivity contribution is 8.27. The average Bonchev–Trinajstić information content (AvgIpc) is 3.19. The zero-order valence-electron chi connectivity index (χ0n) is 22.7. The molecule has 10 heteroatoms. The summed E-state index contributed by atoms with van der Waals surface area (Å²) in [7, 11) is 0. The lowest BCUT2D eigenvalue weighted by molar-refractivity contribution is -0.384. The lowest BCUT2D eigenvalue weighted by Gasteiger charge is -2.19. The molecule has 0 N–H and O–H groups in total. The molecule has 0 aliphatic carbocycles. The lowest BCUT2D eigenvalue weighted by atomic mass is 9.87. The maximum absolute atomic E-state index is 13.1. The highest BCUT2D eigenvalue weighted by Crippen LogP contribution is 2.37. The van der Waals surface area contributed by atoms with E-state index in [0.29, 0.717) is 46.2 Å². The largest absolute Gasteiger partial charge is 0.490 e. The number of hydrogen-bond acceptors (Lipinski definition) is 8. The van der Waals surface area contributed by atoms with Gasteiger partial charge in [-0.2, -0.15) is 0 Å². The molecule has 1 amide bonds. The molecule has 8 nitrogen and oxygen atoms in total. The van der Waals surface area contributed by atoms with Crippen molar-refractivity contribution in [2.75, 3.05) is 24.7 Å². The summed E-state index contributed by atoms with van der Waals surface area (Å²) in [5.41, 5.74) is 2.49. The van der Waals surface area contributed by atoms with Gasteiger partial charge in [0.05, 0.1) is 22.1 Å². The number of ether oxygens (including phenoxy) is 3. The SMILES string of the molecule is CCOc1cc(/C=C2/SC(=S)N(c3ccc([N+](=O)[O-])cc3)C2=O)ccc1OCCOc1ccc(C(C)(C)C)cc1. The average molecular weight is 579 g/mol. The van der Waals surface area contributed by atoms with Crippen LogP contribution in [0.5, 0.6) is 17.2 Å². The van der Waals surface area contributed by atoms with E-state index in [2.05, 4.69) is 32.9 Å². The molecule has 1 heterocycles. The summed E-state index contributed by atoms with van der Waals surface area (Å²) in [6, 6.07) is 19.2. The highest BCUT2D eigenvalue weighted by Gasteiger charge is 2.33. The summed E-state index contributed by atoms with van der Waals surface area (Å²) in [5.74, 6) is 1.61. The molecule has 0 radical (unpaired) electrons. The van der Waals surface area contributed by atoms with Crippen molar-refractivity contribution < 1.29 is 23.9 Å². The van der Waals surface area contributed by atoms with Gasteiger partial charge < -0.3 is 14.2 Å². The zero-order valence-corrected chi connectivity index (χ0v) is 24.3. The van der Waals surface area contributed by atoms with Crippen LogP contribution in [-0.4, -0.2) is 35.0 Å². The lowest BCUT2D eigenvalue weighted by Crippen LogP contribution is -2.27. The zero-order chi connectivity index (χ0) is 28.9. The number of nitro groups is 1. The minimum Gasteiger partial charge on any atom is -0.490 e. The van der Waals surface area contributed by atoms with Gasteiger partial charge in [0.25, 0.3) is 11.6 Å². The number of hydrogen-bond donors (Lipinski definition) is 0. The Morgan fingerprint density at radius 2 is 1.62 bits per heavy atom. The predicted octanol–water partition coefficient (Wildman–Crippen LogP) is 7.15. The van der Waals surface area contributed by atoms with Crippen LogP contribution in [0.25, 0.3) is 6.08 Å². The second-order valence-electron chi connectivity index (χ2n) is 9.90. The smallest absolute Gasteiger partial charge is 0.270 e. The number of amides is 1. The fourth-order valence-electron chi connectivity index (χ4n) is 3.93. The van der Waals surface area contributed by atoms with Crippen LogP contribution in [0.3, 0.4) is 0 Å². The number of benzene rings is 3. The number of nitrogens with zero attached hydrogens (tertiary/aromatic N) is 2. The van der Waals surface area contributed by atoms with Gasteiger partial charge in [0.1, 0.15) is 19.0 Å². The predicted molar refractivity (Wildman–Crippen MR) is 162 cm³/mol. The molecular formula is C30H30N2O6S2. The Bertz CT molecular complexity index is 1430. The van der Waals surface area contributed by atoms with Crippen LogP contribution >= 0.6 is 24.0 Å². The molecule has 3 aromatic rings. The minimum atomic E-state index is -0.490. The van der Waals surface area contributed by atoms with Crippen molar-refractivity contribution in [3.63, 3.8) is 0 Å². The molecule has 4 rings (SSSR count). The number of thiocarbonyl (C=S) groups is 1. The third-order valence-electron chi connectivity index (χ3n) is 6.01. The van der Waals surface area contributed by atoms with E-state index in [4.69, 9.17) is 26.4 Å². The molecule has 0 aromatic heterocycles. The normalized spacial score (nSPS) is 14.5. The molecule has 40 heavy (non-hydrogen) atoms. The topological polar surface area (TPSA) is 91.1 Å². The van der Waals surface area contributed by atoms with E-state index < -0.39 is 4.92 Å². The van der Waals surface area contributed by atoms with Crippen LogP contribution in [0.15, 0.2) is 71.6 Å². The Morgan fingerprint density at radius 1 is 0.950 bits per heavy atom. The molecule has 1 fully saturated rings. The van der Waals surface area contributed by atoms with E-state index in [1.165, 1.54) is 46.5 Å². The molecule has 0 saturated carbocycles. The molecule has 0 bridgehead atoms. The van der Waals surface area contributed by atoms with Crippen molar-refractivity contribution >= 4 is 51.7 Å². The van der Waals surface area contributed by atoms with Crippen molar-refractivity contribution in [3.05, 3.63) is 92.9 Å². The number of carbonyl (C=O) groups is 1. The van der Waals surface area contributed by atoms with E-state index >= 15 is 0 Å². The van der Waals surface area contributed by atoms with Gasteiger partial charge in [0.2, 0.25) is 0 Å². The molecule has 1 aliphatic heterocycles. The third kappa shape index (κ3) is 7.00. The molecule has 0 atom stereocenters. The van der Waals surface area contributed by atoms with Crippen molar-refractivity contribution in [2.45, 2.75) is 33.1 Å². The Labute approximate surface area is 243 Å². The number of nitro benzene ring substituents is 1. The van der Waals surface area contributed by atoms with Crippen molar-refractivity contribution in [1.29, 1.82) is 0 Å². The number of anilines is 1. The second kappa shape index (κ2) is 12.5. The Kier molecular flexibility index (Phi) is 9.11. The Morgan fingerprint density at radius 3 is 2.25 bits per heavy atom. The van der Waals surface area contributed by atoms with E-state index in [1.807, 2.05) is 31.2 Å². The summed E-state index contributed by atoms with van der Waals surface area (Å²) < 4.78 is 17.9. The fraction of sp³-hybridized carbons (Fsp3) is 0.267. The minimum absolute atomic E-state index is 0.0585. The summed E-state index contributed by atoms with van der Waals surface area (Å²) in [5, 5.41) is 10.9. The Balaban J connectivity index is 1.41. The number of non-ortho nitro benzene ring substituents is 1. The van der Waals surface area contributed by atoms with E-state index in [1.54, 1.807) is 12.1 Å². The number of thioether (sulfide) groups is 1. The Hall–Kier alpha value is -3.89. The first kappa shape index (κ1) is 29.1. The highest BCUT2D eigenvalue weighted by atomic mass is 32.2. The maximum Gasteiger partial charge on any atom is 0.270 e. The first-order chi connectivity index (χ1) is 19.1. The van der Waals surface area contributed by atoms with Crippen molar-refractivity contribution in [3.8, 4) is 17.2 Å². The number of rotatable bonds is 10. The van der Waals surface area contributed by atoms with Gasteiger partial charge in [-0.05, 0) is 65.9 Å². The standard InChI is InChI=1S/C30H30N2O6S2/c1-5-36-26-18-20(6-15-25(26)38-17-16-37-24-13-7-21(8-14-24)30(2,3)4)19-27-28(33)31(29(39)40-27)22-9-11-23(12-10-22)32(34)35/h6-15,18-19H,5,16-17H2,1-4H3/b27-19+. The van der Waals surface area contributed by atoms with Crippen LogP contribution in [0.2, 0.25) is 0 Å². The summed E-state index contributed by atoms with van der Waals surface area (Å²) >= 11 is 6.59. The quantitative estimate of drug-likeness (QED) is 0.0823. The maximum atomic E-state index is 13.1. The van der Waals surface area contributed by atoms with Crippen LogP contribution in [-0.2, 0) is 10.2 Å². The molecule has 1 saturated heterocycles. The van der Waals surface area contributed by atoms with Gasteiger partial charge in [0.15, 0.2) is 15.8 Å². The summed E-state index contributed by atoms with van der Waals surface area (Å²) in [4.78, 5) is 25.4. The van der Waals surface area contributed by atoms with Gasteiger partial charge in [-0.15, -0.1) is 0 Å². The van der Waals surface area contributed by atoms with E-state index in [-0.39, 0.29) is 17.0 Å². The van der Waals surface area contributed by atoms with Crippen LogP contribution in [0, 0.1) is 10.1 Å². The van der Waals surface area contributed by atoms with Crippen molar-refractivity contribution in [1.82, 2.24) is 0 Å². The molecule has 0 unspecified atom stereocenters. The van der Waals surface area contributed by atoms with E-state index in [0.717, 1.165) is 11.3 Å². The van der Waals surface area contributed by atoms with E-state index in [9.17, 15) is 14.9 Å². The first-order valence-corrected chi connectivity index (χ1v) is 13.9. The van der Waals surface area contributed by atoms with Crippen LogP contribution < -0.4 is 19.1 Å². The molecule has 3 aromatic carbocycles. The van der Waals surface area contributed by atoms with Gasteiger partial charge in [-0.1, -0.05) is 63.0 Å². The fourth-order valence-corrected chi connectivity index (χ4v) is 5.23. The van der Waals surface area contributed by atoms with Gasteiger partial charge >= 0.3 is 0 Å². The second-order valence-corrected chi connectivity index (χ2v) is 11.6. The van der Waals surface area contributed by atoms with Gasteiger partial charge in [-0.3, -0.25) is 19.8 Å². The summed E-state index contributed by atoms with van der Waals surface area (Å²) in [6.45, 7) is 9.54. The molecule has 1 aliphatic rings. The molecule has 208 valence electrons. The third-order valence-corrected chi connectivity index (χ3v) is 7.31. The van der Waals surface area contributed by atoms with Crippen LogP contribution in [0.4, 0.5) is 11.4 Å². The number of carbonyl (C=O) groups excluding carboxylic acids is 1.